The summed E-state index contributed by atoms with van der Waals surface area (Å²) in [6.07, 6.45) is 11.7. The van der Waals surface area contributed by atoms with Gasteiger partial charge in [0, 0.05) is 29.5 Å². The zero-order valence-electron chi connectivity index (χ0n) is 20.8. The minimum Gasteiger partial charge on any atom is -0.465 e. The summed E-state index contributed by atoms with van der Waals surface area (Å²) in [6, 6.07) is 3.94. The number of allylic oxidation sites excluding steroid dienone is 1. The molecule has 1 fully saturated rings. The topological polar surface area (TPSA) is 75.7 Å². The maximum Gasteiger partial charge on any atom is 0.318 e. The summed E-state index contributed by atoms with van der Waals surface area (Å²) in [5.41, 5.74) is 0.00861. The Bertz CT molecular complexity index is 851. The maximum absolute atomic E-state index is 13.6. The molecule has 0 aromatic carbocycles. The highest BCUT2D eigenvalue weighted by Gasteiger charge is 2.54. The van der Waals surface area contributed by atoms with E-state index >= 15 is 0 Å². The van der Waals surface area contributed by atoms with E-state index < -0.39 is 11.3 Å². The Morgan fingerprint density at radius 1 is 1.21 bits per heavy atom. The largest absolute Gasteiger partial charge is 0.465 e. The van der Waals surface area contributed by atoms with Crippen LogP contribution in [0.25, 0.3) is 0 Å². The highest BCUT2D eigenvalue weighted by atomic mass is 32.1. The molecule has 2 aliphatic rings. The number of amides is 2. The number of esters is 1. The lowest BCUT2D eigenvalue weighted by atomic mass is 9.66. The van der Waals surface area contributed by atoms with Gasteiger partial charge >= 0.3 is 5.97 Å². The fourth-order valence-corrected chi connectivity index (χ4v) is 5.93. The molecule has 2 amide bonds. The van der Waals surface area contributed by atoms with Crippen LogP contribution in [0.3, 0.4) is 0 Å². The zero-order chi connectivity index (χ0) is 24.4. The summed E-state index contributed by atoms with van der Waals surface area (Å²) in [5, 5.41) is 4.93. The van der Waals surface area contributed by atoms with Crippen LogP contribution in [-0.2, 0) is 25.7 Å². The lowest BCUT2D eigenvalue weighted by Gasteiger charge is -2.48. The summed E-state index contributed by atoms with van der Waals surface area (Å²) < 4.78 is 5.53. The third-order valence-corrected chi connectivity index (χ3v) is 7.89. The van der Waals surface area contributed by atoms with E-state index in [4.69, 9.17) is 4.74 Å². The molecular weight excluding hydrogens is 448 g/mol. The van der Waals surface area contributed by atoms with Crippen molar-refractivity contribution >= 4 is 29.1 Å². The van der Waals surface area contributed by atoms with Crippen molar-refractivity contribution in [3.63, 3.8) is 0 Å². The summed E-state index contributed by atoms with van der Waals surface area (Å²) in [7, 11) is 0. The molecule has 1 aromatic rings. The molecule has 2 heterocycles. The number of likely N-dealkylation sites (tertiary alicyclic amines) is 1. The molecular formula is C27H40N2O4S. The van der Waals surface area contributed by atoms with Crippen molar-refractivity contribution in [1.29, 1.82) is 0 Å². The molecule has 3 rings (SSSR count). The third kappa shape index (κ3) is 6.49. The lowest BCUT2D eigenvalue weighted by molar-refractivity contribution is -0.162. The highest BCUT2D eigenvalue weighted by molar-refractivity contribution is 7.09. The van der Waals surface area contributed by atoms with E-state index in [9.17, 15) is 14.4 Å². The van der Waals surface area contributed by atoms with Gasteiger partial charge in [-0.3, -0.25) is 14.4 Å². The molecule has 0 bridgehead atoms. The van der Waals surface area contributed by atoms with Crippen molar-refractivity contribution < 1.29 is 19.1 Å². The van der Waals surface area contributed by atoms with Crippen LogP contribution < -0.4 is 5.32 Å². The molecule has 1 aromatic heterocycles. The van der Waals surface area contributed by atoms with Crippen LogP contribution in [0.5, 0.6) is 0 Å². The van der Waals surface area contributed by atoms with Crippen molar-refractivity contribution in [3.05, 3.63) is 34.2 Å². The monoisotopic (exact) mass is 488 g/mol. The molecule has 6 nitrogen and oxygen atoms in total. The highest BCUT2D eigenvalue weighted by Crippen LogP contribution is 2.50. The molecule has 0 spiro atoms. The van der Waals surface area contributed by atoms with Gasteiger partial charge in [0.05, 0.1) is 13.2 Å². The van der Waals surface area contributed by atoms with Gasteiger partial charge in [0.2, 0.25) is 11.8 Å². The van der Waals surface area contributed by atoms with Crippen LogP contribution in [0.2, 0.25) is 0 Å². The van der Waals surface area contributed by atoms with Gasteiger partial charge in [0.25, 0.3) is 0 Å². The number of nitrogens with one attached hydrogen (secondary N) is 1. The molecule has 1 aliphatic carbocycles. The summed E-state index contributed by atoms with van der Waals surface area (Å²) >= 11 is 1.59. The minimum absolute atomic E-state index is 0.0205. The molecule has 188 valence electrons. The molecule has 0 saturated carbocycles. The van der Waals surface area contributed by atoms with Crippen LogP contribution in [-0.4, -0.2) is 35.8 Å². The zero-order valence-corrected chi connectivity index (χ0v) is 21.6. The molecule has 0 radical (unpaired) electrons. The Labute approximate surface area is 208 Å². The number of fused-ring (bicyclic) bond motifs is 1. The number of ether oxygens (including phenoxy) is 1. The van der Waals surface area contributed by atoms with Crippen LogP contribution in [0, 0.1) is 11.3 Å². The van der Waals surface area contributed by atoms with Gasteiger partial charge in [-0.2, -0.15) is 0 Å². The quantitative estimate of drug-likeness (QED) is 0.290. The van der Waals surface area contributed by atoms with E-state index in [1.54, 1.807) is 11.3 Å². The first-order valence-electron chi connectivity index (χ1n) is 13.0. The van der Waals surface area contributed by atoms with E-state index in [-0.39, 0.29) is 24.2 Å². The molecule has 34 heavy (non-hydrogen) atoms. The predicted octanol–water partition coefficient (Wildman–Crippen LogP) is 5.58. The summed E-state index contributed by atoms with van der Waals surface area (Å²) in [4.78, 5) is 42.5. The van der Waals surface area contributed by atoms with E-state index in [1.165, 1.54) is 19.3 Å². The van der Waals surface area contributed by atoms with Crippen molar-refractivity contribution in [1.82, 2.24) is 10.2 Å². The Hall–Kier alpha value is -2.15. The summed E-state index contributed by atoms with van der Waals surface area (Å²) in [5.74, 6) is -0.921. The number of hydrogen-bond donors (Lipinski definition) is 1. The number of unbranched alkanes of at least 4 members (excludes halogenated alkanes) is 5. The second-order valence-electron chi connectivity index (χ2n) is 9.50. The van der Waals surface area contributed by atoms with Gasteiger partial charge in [-0.25, -0.2) is 0 Å². The number of thiophene rings is 1. The van der Waals surface area contributed by atoms with Crippen molar-refractivity contribution in [2.24, 2.45) is 11.3 Å². The predicted molar refractivity (Wildman–Crippen MR) is 135 cm³/mol. The van der Waals surface area contributed by atoms with Crippen molar-refractivity contribution in [2.45, 2.75) is 91.0 Å². The molecule has 7 heteroatoms. The lowest BCUT2D eigenvalue weighted by Crippen LogP contribution is -2.54. The Morgan fingerprint density at radius 3 is 2.74 bits per heavy atom. The molecule has 1 aliphatic heterocycles. The Balaban J connectivity index is 1.74. The number of rotatable bonds is 13. The van der Waals surface area contributed by atoms with E-state index in [0.29, 0.717) is 32.5 Å². The van der Waals surface area contributed by atoms with E-state index in [1.807, 2.05) is 29.3 Å². The molecule has 1 saturated heterocycles. The van der Waals surface area contributed by atoms with Gasteiger partial charge in [-0.05, 0) is 50.5 Å². The van der Waals surface area contributed by atoms with E-state index in [2.05, 4.69) is 18.3 Å². The molecule has 1 N–H and O–H groups in total. The van der Waals surface area contributed by atoms with Gasteiger partial charge in [0.1, 0.15) is 5.41 Å². The van der Waals surface area contributed by atoms with Crippen molar-refractivity contribution in [3.8, 4) is 0 Å². The van der Waals surface area contributed by atoms with E-state index in [0.717, 1.165) is 42.7 Å². The molecule has 2 atom stereocenters. The summed E-state index contributed by atoms with van der Waals surface area (Å²) in [6.45, 7) is 5.40. The second kappa shape index (κ2) is 13.1. The molecule has 0 unspecified atom stereocenters. The number of piperidine rings is 1. The maximum atomic E-state index is 13.6. The normalized spacial score (nSPS) is 22.2. The van der Waals surface area contributed by atoms with Crippen molar-refractivity contribution in [2.75, 3.05) is 13.2 Å². The fourth-order valence-electron chi connectivity index (χ4n) is 5.28. The Kier molecular flexibility index (Phi) is 10.2. The average molecular weight is 489 g/mol. The number of carbonyl (C=O) groups excluding carboxylic acids is 3. The number of nitrogens with zero attached hydrogens (tertiary/aromatic N) is 1. The fraction of sp³-hybridized carbons (Fsp3) is 0.667. The first kappa shape index (κ1) is 26.5. The van der Waals surface area contributed by atoms with Gasteiger partial charge in [-0.15, -0.1) is 11.3 Å². The smallest absolute Gasteiger partial charge is 0.318 e. The van der Waals surface area contributed by atoms with Gasteiger partial charge < -0.3 is 15.0 Å². The average Bonchev–Trinajstić information content (AvgIpc) is 3.36. The number of carbonyl (C=O) groups is 3. The van der Waals surface area contributed by atoms with Crippen LogP contribution in [0.4, 0.5) is 0 Å². The number of hydrogen-bond acceptors (Lipinski definition) is 5. The van der Waals surface area contributed by atoms with Crippen LogP contribution in [0.1, 0.15) is 89.4 Å². The first-order valence-corrected chi connectivity index (χ1v) is 13.9. The first-order chi connectivity index (χ1) is 16.5. The van der Waals surface area contributed by atoms with Gasteiger partial charge in [-0.1, -0.05) is 51.2 Å². The second-order valence-corrected chi connectivity index (χ2v) is 10.5. The standard InChI is InChI=1S/C27H40N2O4S/c1-3-5-6-7-8-11-16-29-23-14-9-10-15-27(23,26(32)33-4-2)19-21(25(29)31)18-24(30)28-20-22-13-12-17-34-22/h12-14,17,21H,3-11,15-16,18-20H2,1-2H3,(H,28,30)/t21-,27+/m1/s1. The minimum atomic E-state index is -0.816. The van der Waals surface area contributed by atoms with Crippen LogP contribution >= 0.6 is 11.3 Å². The SMILES string of the molecule is CCCCCCCCN1C(=O)[C@H](CC(=O)NCc2cccs2)C[C@@]2(C(=O)OCC)CCCC=C12. The van der Waals surface area contributed by atoms with Gasteiger partial charge in [0.15, 0.2) is 0 Å². The third-order valence-electron chi connectivity index (χ3n) is 7.01. The van der Waals surface area contributed by atoms with Crippen LogP contribution in [0.15, 0.2) is 29.3 Å². The Morgan fingerprint density at radius 2 is 2.00 bits per heavy atom.